The zero-order valence-electron chi connectivity index (χ0n) is 7.19. The second-order valence-corrected chi connectivity index (χ2v) is 3.51. The molecule has 0 amide bonds. The molecule has 4 heteroatoms. The minimum absolute atomic E-state index is 0.335. The molecular formula is C8H12N2OS. The first-order valence-electron chi connectivity index (χ1n) is 3.75. The van der Waals surface area contributed by atoms with Gasteiger partial charge >= 0.3 is 6.01 Å². The number of ether oxygens (including phenoxy) is 1. The highest BCUT2D eigenvalue weighted by Gasteiger charge is 1.99. The van der Waals surface area contributed by atoms with Gasteiger partial charge in [-0.25, -0.2) is 9.97 Å². The van der Waals surface area contributed by atoms with Crippen LogP contribution in [0.5, 0.6) is 6.01 Å². The van der Waals surface area contributed by atoms with Crippen molar-refractivity contribution in [2.75, 3.05) is 7.11 Å². The molecule has 0 saturated heterocycles. The Morgan fingerprint density at radius 2 is 2.08 bits per heavy atom. The molecule has 1 aromatic rings. The third-order valence-corrected chi connectivity index (χ3v) is 1.58. The zero-order valence-corrected chi connectivity index (χ0v) is 8.08. The summed E-state index contributed by atoms with van der Waals surface area (Å²) in [4.78, 5) is 7.97. The van der Waals surface area contributed by atoms with Crippen LogP contribution in [0.25, 0.3) is 0 Å². The van der Waals surface area contributed by atoms with Gasteiger partial charge in [0.2, 0.25) is 0 Å². The molecule has 66 valence electrons. The Bertz CT molecular complexity index is 235. The fourth-order valence-corrected chi connectivity index (χ4v) is 1.11. The molecule has 1 heterocycles. The molecule has 12 heavy (non-hydrogen) atoms. The van der Waals surface area contributed by atoms with E-state index < -0.39 is 0 Å². The molecule has 0 aliphatic carbocycles. The summed E-state index contributed by atoms with van der Waals surface area (Å²) in [6.07, 6.45) is 4.41. The summed E-state index contributed by atoms with van der Waals surface area (Å²) < 4.78 is 4.83. The van der Waals surface area contributed by atoms with Crippen molar-refractivity contribution in [2.24, 2.45) is 0 Å². The zero-order chi connectivity index (χ0) is 8.97. The molecular weight excluding hydrogens is 172 g/mol. The van der Waals surface area contributed by atoms with Crippen molar-refractivity contribution in [3.63, 3.8) is 0 Å². The summed E-state index contributed by atoms with van der Waals surface area (Å²) in [5.41, 5.74) is 1.08. The van der Waals surface area contributed by atoms with Crippen LogP contribution >= 0.6 is 12.6 Å². The van der Waals surface area contributed by atoms with Gasteiger partial charge in [0.15, 0.2) is 0 Å². The van der Waals surface area contributed by atoms with Gasteiger partial charge in [0.25, 0.3) is 0 Å². The number of hydrogen-bond acceptors (Lipinski definition) is 4. The number of aromatic nitrogens is 2. The maximum Gasteiger partial charge on any atom is 0.316 e. The van der Waals surface area contributed by atoms with Gasteiger partial charge in [-0.1, -0.05) is 6.92 Å². The minimum atomic E-state index is 0.335. The fourth-order valence-electron chi connectivity index (χ4n) is 0.895. The fraction of sp³-hybridized carbons (Fsp3) is 0.500. The van der Waals surface area contributed by atoms with Crippen molar-refractivity contribution in [1.82, 2.24) is 9.97 Å². The van der Waals surface area contributed by atoms with E-state index in [4.69, 9.17) is 4.74 Å². The van der Waals surface area contributed by atoms with Crippen LogP contribution in [0.15, 0.2) is 12.4 Å². The Labute approximate surface area is 77.6 Å². The van der Waals surface area contributed by atoms with Crippen molar-refractivity contribution >= 4 is 12.6 Å². The van der Waals surface area contributed by atoms with Crippen LogP contribution in [0, 0.1) is 0 Å². The average molecular weight is 184 g/mol. The van der Waals surface area contributed by atoms with Crippen molar-refractivity contribution in [1.29, 1.82) is 0 Å². The third-order valence-electron chi connectivity index (χ3n) is 1.40. The predicted octanol–water partition coefficient (Wildman–Crippen LogP) is 1.35. The van der Waals surface area contributed by atoms with E-state index in [1.54, 1.807) is 19.5 Å². The van der Waals surface area contributed by atoms with Crippen LogP contribution in [0.1, 0.15) is 12.5 Å². The number of methoxy groups -OCH3 is 1. The smallest absolute Gasteiger partial charge is 0.316 e. The van der Waals surface area contributed by atoms with E-state index in [0.717, 1.165) is 12.0 Å². The molecule has 0 saturated carbocycles. The summed E-state index contributed by atoms with van der Waals surface area (Å²) in [5.74, 6) is 0. The van der Waals surface area contributed by atoms with Gasteiger partial charge < -0.3 is 4.74 Å². The third kappa shape index (κ3) is 2.70. The van der Waals surface area contributed by atoms with Crippen molar-refractivity contribution < 1.29 is 4.74 Å². The number of thiol groups is 1. The second kappa shape index (κ2) is 4.30. The van der Waals surface area contributed by atoms with Crippen LogP contribution < -0.4 is 4.74 Å². The first-order chi connectivity index (χ1) is 5.72. The summed E-state index contributed by atoms with van der Waals surface area (Å²) in [6.45, 7) is 2.04. The van der Waals surface area contributed by atoms with Crippen LogP contribution in [0.2, 0.25) is 0 Å². The highest BCUT2D eigenvalue weighted by Crippen LogP contribution is 2.06. The normalized spacial score (nSPS) is 12.6. The SMILES string of the molecule is COc1ncc(CC(C)S)cn1. The van der Waals surface area contributed by atoms with E-state index in [0.29, 0.717) is 11.3 Å². The maximum absolute atomic E-state index is 4.83. The van der Waals surface area contributed by atoms with Crippen LogP contribution in [0.3, 0.4) is 0 Å². The monoisotopic (exact) mass is 184 g/mol. The Morgan fingerprint density at radius 3 is 2.50 bits per heavy atom. The van der Waals surface area contributed by atoms with Crippen molar-refractivity contribution in [3.05, 3.63) is 18.0 Å². The lowest BCUT2D eigenvalue weighted by molar-refractivity contribution is 0.379. The van der Waals surface area contributed by atoms with E-state index in [1.165, 1.54) is 0 Å². The molecule has 0 aliphatic heterocycles. The van der Waals surface area contributed by atoms with E-state index >= 15 is 0 Å². The van der Waals surface area contributed by atoms with Gasteiger partial charge in [-0.15, -0.1) is 0 Å². The van der Waals surface area contributed by atoms with E-state index in [9.17, 15) is 0 Å². The molecule has 1 unspecified atom stereocenters. The molecule has 0 aliphatic rings. The van der Waals surface area contributed by atoms with E-state index in [-0.39, 0.29) is 0 Å². The van der Waals surface area contributed by atoms with Crippen molar-refractivity contribution in [3.8, 4) is 6.01 Å². The van der Waals surface area contributed by atoms with E-state index in [1.807, 2.05) is 6.92 Å². The quantitative estimate of drug-likeness (QED) is 0.720. The number of nitrogens with zero attached hydrogens (tertiary/aromatic N) is 2. The lowest BCUT2D eigenvalue weighted by Gasteiger charge is -2.03. The average Bonchev–Trinajstić information content (AvgIpc) is 2.05. The van der Waals surface area contributed by atoms with E-state index in [2.05, 4.69) is 22.6 Å². The van der Waals surface area contributed by atoms with Gasteiger partial charge in [0.05, 0.1) is 7.11 Å². The van der Waals surface area contributed by atoms with Gasteiger partial charge in [-0.05, 0) is 12.0 Å². The van der Waals surface area contributed by atoms with Gasteiger partial charge in [0, 0.05) is 17.6 Å². The lowest BCUT2D eigenvalue weighted by atomic mass is 10.2. The minimum Gasteiger partial charge on any atom is -0.467 e. The first-order valence-corrected chi connectivity index (χ1v) is 4.27. The molecule has 0 radical (unpaired) electrons. The maximum atomic E-state index is 4.83. The highest BCUT2D eigenvalue weighted by molar-refractivity contribution is 7.80. The second-order valence-electron chi connectivity index (χ2n) is 2.63. The standard InChI is InChI=1S/C8H12N2OS/c1-6(12)3-7-4-9-8(11-2)10-5-7/h4-6,12H,3H2,1-2H3. The van der Waals surface area contributed by atoms with Gasteiger partial charge in [0.1, 0.15) is 0 Å². The van der Waals surface area contributed by atoms with Crippen molar-refractivity contribution in [2.45, 2.75) is 18.6 Å². The van der Waals surface area contributed by atoms with Gasteiger partial charge in [-0.3, -0.25) is 0 Å². The number of hydrogen-bond donors (Lipinski definition) is 1. The van der Waals surface area contributed by atoms with Crippen LogP contribution in [0.4, 0.5) is 0 Å². The molecule has 1 atom stereocenters. The molecule has 0 aromatic carbocycles. The molecule has 1 aromatic heterocycles. The highest BCUT2D eigenvalue weighted by atomic mass is 32.1. The predicted molar refractivity (Wildman–Crippen MR) is 50.7 cm³/mol. The summed E-state index contributed by atoms with van der Waals surface area (Å²) >= 11 is 4.27. The Hall–Kier alpha value is -0.770. The Kier molecular flexibility index (Phi) is 3.34. The molecule has 3 nitrogen and oxygen atoms in total. The number of rotatable bonds is 3. The summed E-state index contributed by atoms with van der Waals surface area (Å²) in [6, 6.07) is 0.408. The van der Waals surface area contributed by atoms with Crippen LogP contribution in [-0.4, -0.2) is 22.3 Å². The lowest BCUT2D eigenvalue weighted by Crippen LogP contribution is -1.99. The molecule has 0 spiro atoms. The summed E-state index contributed by atoms with van der Waals surface area (Å²) in [5, 5.41) is 0.335. The summed E-state index contributed by atoms with van der Waals surface area (Å²) in [7, 11) is 1.55. The largest absolute Gasteiger partial charge is 0.467 e. The Balaban J connectivity index is 2.65. The molecule has 0 bridgehead atoms. The molecule has 0 fully saturated rings. The topological polar surface area (TPSA) is 35.0 Å². The first kappa shape index (κ1) is 9.32. The Morgan fingerprint density at radius 1 is 1.50 bits per heavy atom. The van der Waals surface area contributed by atoms with Gasteiger partial charge in [-0.2, -0.15) is 12.6 Å². The molecule has 0 N–H and O–H groups in total. The van der Waals surface area contributed by atoms with Crippen LogP contribution in [-0.2, 0) is 6.42 Å². The molecule has 1 rings (SSSR count).